The number of rotatable bonds is 3. The van der Waals surface area contributed by atoms with Gasteiger partial charge in [0, 0.05) is 17.0 Å². The van der Waals surface area contributed by atoms with E-state index >= 15 is 0 Å². The molecule has 1 aromatic heterocycles. The van der Waals surface area contributed by atoms with Crippen molar-refractivity contribution in [3.05, 3.63) is 59.7 Å². The van der Waals surface area contributed by atoms with Crippen LogP contribution in [0, 0.1) is 5.82 Å². The largest absolute Gasteiger partial charge is 0.444 e. The number of halogens is 4. The van der Waals surface area contributed by atoms with E-state index in [2.05, 4.69) is 15.3 Å². The molecule has 0 saturated carbocycles. The molecule has 3 aromatic rings. The second-order valence-electron chi connectivity index (χ2n) is 7.58. The van der Waals surface area contributed by atoms with Crippen molar-refractivity contribution in [2.24, 2.45) is 0 Å². The van der Waals surface area contributed by atoms with E-state index in [-0.39, 0.29) is 17.9 Å². The lowest BCUT2D eigenvalue weighted by atomic mass is 10.0. The number of ether oxygens (including phenoxy) is 1. The maximum absolute atomic E-state index is 13.7. The number of alkyl carbamates (subject to hydrolysis) is 1. The molecule has 9 heteroatoms. The summed E-state index contributed by atoms with van der Waals surface area (Å²) in [5.74, 6) is -0.362. The normalized spacial score (nSPS) is 12.1. The van der Waals surface area contributed by atoms with Gasteiger partial charge in [0.2, 0.25) is 0 Å². The second kappa shape index (κ2) is 7.89. The number of nitrogens with zero attached hydrogens (tertiary/aromatic N) is 2. The van der Waals surface area contributed by atoms with E-state index in [9.17, 15) is 22.4 Å². The zero-order chi connectivity index (χ0) is 22.1. The van der Waals surface area contributed by atoms with Crippen LogP contribution in [0.5, 0.6) is 0 Å². The molecule has 0 atom stereocenters. The molecule has 1 heterocycles. The Hall–Kier alpha value is -3.23. The molecule has 1 amide bonds. The molecule has 0 aliphatic carbocycles. The van der Waals surface area contributed by atoms with Gasteiger partial charge in [0.15, 0.2) is 0 Å². The molecule has 0 bridgehead atoms. The number of hydrogen-bond acceptors (Lipinski definition) is 4. The van der Waals surface area contributed by atoms with Crippen LogP contribution in [0.2, 0.25) is 0 Å². The van der Waals surface area contributed by atoms with E-state index < -0.39 is 29.3 Å². The zero-order valence-corrected chi connectivity index (χ0v) is 16.5. The molecule has 0 spiro atoms. The van der Waals surface area contributed by atoms with Crippen molar-refractivity contribution < 1.29 is 27.1 Å². The van der Waals surface area contributed by atoms with Crippen LogP contribution in [-0.4, -0.2) is 21.7 Å². The van der Waals surface area contributed by atoms with E-state index in [1.54, 1.807) is 20.8 Å². The molecule has 2 aromatic carbocycles. The van der Waals surface area contributed by atoms with Crippen molar-refractivity contribution in [1.29, 1.82) is 0 Å². The quantitative estimate of drug-likeness (QED) is 0.569. The highest BCUT2D eigenvalue weighted by molar-refractivity contribution is 5.92. The van der Waals surface area contributed by atoms with Gasteiger partial charge >= 0.3 is 12.3 Å². The predicted molar refractivity (Wildman–Crippen MR) is 103 cm³/mol. The Bertz CT molecular complexity index is 1070. The number of amides is 1. The minimum atomic E-state index is -4.46. The molecule has 158 valence electrons. The third-order valence-corrected chi connectivity index (χ3v) is 3.98. The van der Waals surface area contributed by atoms with E-state index in [1.165, 1.54) is 30.3 Å². The molecule has 0 fully saturated rings. The summed E-state index contributed by atoms with van der Waals surface area (Å²) < 4.78 is 57.4. The number of carbonyl (C=O) groups excluding carboxylic acids is 1. The Morgan fingerprint density at radius 3 is 2.30 bits per heavy atom. The van der Waals surface area contributed by atoms with Crippen LogP contribution in [0.1, 0.15) is 32.2 Å². The van der Waals surface area contributed by atoms with Crippen molar-refractivity contribution in [2.75, 3.05) is 0 Å². The lowest BCUT2D eigenvalue weighted by Crippen LogP contribution is -2.32. The molecule has 1 N–H and O–H groups in total. The number of aromatic nitrogens is 2. The average molecular weight is 421 g/mol. The molecule has 0 saturated heterocycles. The lowest BCUT2D eigenvalue weighted by Gasteiger charge is -2.19. The van der Waals surface area contributed by atoms with Gasteiger partial charge in [-0.2, -0.15) is 13.2 Å². The summed E-state index contributed by atoms with van der Waals surface area (Å²) in [4.78, 5) is 20.5. The lowest BCUT2D eigenvalue weighted by molar-refractivity contribution is -0.137. The van der Waals surface area contributed by atoms with E-state index in [1.807, 2.05) is 0 Å². The molecule has 3 rings (SSSR count). The molecule has 0 unspecified atom stereocenters. The number of fused-ring (bicyclic) bond motifs is 1. The van der Waals surface area contributed by atoms with Gasteiger partial charge in [0.25, 0.3) is 0 Å². The molecular weight excluding hydrogens is 402 g/mol. The Labute approximate surface area is 170 Å². The monoisotopic (exact) mass is 421 g/mol. The van der Waals surface area contributed by atoms with Crippen molar-refractivity contribution in [2.45, 2.75) is 39.1 Å². The predicted octanol–water partition coefficient (Wildman–Crippen LogP) is 5.48. The van der Waals surface area contributed by atoms with Crippen molar-refractivity contribution >= 4 is 17.0 Å². The van der Waals surface area contributed by atoms with Gasteiger partial charge in [-0.05, 0) is 45.0 Å². The van der Waals surface area contributed by atoms with Gasteiger partial charge in [-0.15, -0.1) is 0 Å². The average Bonchev–Trinajstić information content (AvgIpc) is 2.63. The van der Waals surface area contributed by atoms with Gasteiger partial charge in [-0.3, -0.25) is 0 Å². The Morgan fingerprint density at radius 1 is 1.03 bits per heavy atom. The second-order valence-corrected chi connectivity index (χ2v) is 7.58. The molecule has 0 aliphatic rings. The minimum Gasteiger partial charge on any atom is -0.444 e. The molecule has 5 nitrogen and oxygen atoms in total. The van der Waals surface area contributed by atoms with E-state index in [0.29, 0.717) is 16.6 Å². The van der Waals surface area contributed by atoms with Crippen LogP contribution in [0.25, 0.3) is 22.2 Å². The molecular formula is C21H19F4N3O2. The maximum atomic E-state index is 13.7. The number of nitrogens with one attached hydrogen (secondary N) is 1. The maximum Gasteiger partial charge on any atom is 0.416 e. The first-order chi connectivity index (χ1) is 13.9. The third-order valence-electron chi connectivity index (χ3n) is 3.98. The van der Waals surface area contributed by atoms with E-state index in [0.717, 1.165) is 12.1 Å². The van der Waals surface area contributed by atoms with Crippen LogP contribution in [0.15, 0.2) is 42.5 Å². The Kier molecular flexibility index (Phi) is 5.65. The molecule has 0 radical (unpaired) electrons. The standard InChI is InChI=1S/C21H19F4N3O2/c1-20(2,3)30-19(29)26-11-17-27-16-10-14(22)8-9-15(16)18(28-17)12-4-6-13(7-5-12)21(23,24)25/h4-10H,11H2,1-3H3,(H,26,29). The summed E-state index contributed by atoms with van der Waals surface area (Å²) >= 11 is 0. The van der Waals surface area contributed by atoms with Gasteiger partial charge in [-0.1, -0.05) is 12.1 Å². The summed E-state index contributed by atoms with van der Waals surface area (Å²) in [5, 5.41) is 2.98. The first-order valence-corrected chi connectivity index (χ1v) is 9.03. The van der Waals surface area contributed by atoms with Crippen molar-refractivity contribution in [3.8, 4) is 11.3 Å². The SMILES string of the molecule is CC(C)(C)OC(=O)NCc1nc(-c2ccc(C(F)(F)F)cc2)c2ccc(F)cc2n1. The summed E-state index contributed by atoms with van der Waals surface area (Å²) in [5.41, 5.74) is -0.485. The van der Waals surface area contributed by atoms with Crippen LogP contribution in [0.4, 0.5) is 22.4 Å². The van der Waals surface area contributed by atoms with Crippen LogP contribution in [-0.2, 0) is 17.5 Å². The highest BCUT2D eigenvalue weighted by Crippen LogP contribution is 2.32. The summed E-state index contributed by atoms with van der Waals surface area (Å²) in [6, 6.07) is 8.36. The van der Waals surface area contributed by atoms with Crippen molar-refractivity contribution in [3.63, 3.8) is 0 Å². The fourth-order valence-electron chi connectivity index (χ4n) is 2.73. The number of carbonyl (C=O) groups is 1. The van der Waals surface area contributed by atoms with E-state index in [4.69, 9.17) is 4.74 Å². The number of alkyl halides is 3. The number of hydrogen-bond donors (Lipinski definition) is 1. The Balaban J connectivity index is 1.98. The smallest absolute Gasteiger partial charge is 0.416 e. The van der Waals surface area contributed by atoms with Crippen LogP contribution < -0.4 is 5.32 Å². The first kappa shape index (κ1) is 21.5. The van der Waals surface area contributed by atoms with Gasteiger partial charge < -0.3 is 10.1 Å². The van der Waals surface area contributed by atoms with Crippen LogP contribution in [0.3, 0.4) is 0 Å². The molecule has 30 heavy (non-hydrogen) atoms. The van der Waals surface area contributed by atoms with Gasteiger partial charge in [0.1, 0.15) is 17.2 Å². The highest BCUT2D eigenvalue weighted by Gasteiger charge is 2.30. The third kappa shape index (κ3) is 5.22. The van der Waals surface area contributed by atoms with Gasteiger partial charge in [0.05, 0.1) is 23.3 Å². The highest BCUT2D eigenvalue weighted by atomic mass is 19.4. The summed E-state index contributed by atoms with van der Waals surface area (Å²) in [6.45, 7) is 5.04. The number of benzene rings is 2. The van der Waals surface area contributed by atoms with Crippen molar-refractivity contribution in [1.82, 2.24) is 15.3 Å². The molecule has 0 aliphatic heterocycles. The fourth-order valence-corrected chi connectivity index (χ4v) is 2.73. The van der Waals surface area contributed by atoms with Gasteiger partial charge in [-0.25, -0.2) is 19.2 Å². The zero-order valence-electron chi connectivity index (χ0n) is 16.5. The summed E-state index contributed by atoms with van der Waals surface area (Å²) in [6.07, 6.45) is -5.14. The summed E-state index contributed by atoms with van der Waals surface area (Å²) in [7, 11) is 0. The fraction of sp³-hybridized carbons (Fsp3) is 0.286. The topological polar surface area (TPSA) is 64.1 Å². The van der Waals surface area contributed by atoms with Crippen LogP contribution >= 0.6 is 0 Å². The minimum absolute atomic E-state index is 0.102. The first-order valence-electron chi connectivity index (χ1n) is 9.03. The Morgan fingerprint density at radius 2 is 1.70 bits per heavy atom.